The normalized spacial score (nSPS) is 18.7. The standard InChI is InChI=1S/C17H26BrFN2/c1-17(2,21-10-5-4-6-11-21)15(20-3)12-13-8-7-9-14(19)16(13)18/h7-9,15,20H,4-6,10-12H2,1-3H3. The molecule has 1 saturated heterocycles. The third-order valence-corrected chi connectivity index (χ3v) is 5.72. The average Bonchev–Trinajstić information content (AvgIpc) is 2.49. The molecule has 1 unspecified atom stereocenters. The van der Waals surface area contributed by atoms with Gasteiger partial charge in [0.1, 0.15) is 5.82 Å². The van der Waals surface area contributed by atoms with E-state index in [0.717, 1.165) is 25.1 Å². The number of rotatable bonds is 5. The smallest absolute Gasteiger partial charge is 0.137 e. The zero-order valence-electron chi connectivity index (χ0n) is 13.3. The maximum Gasteiger partial charge on any atom is 0.137 e. The predicted octanol–water partition coefficient (Wildman–Crippen LogP) is 3.98. The molecule has 1 aromatic carbocycles. The highest BCUT2D eigenvalue weighted by atomic mass is 79.9. The highest BCUT2D eigenvalue weighted by Gasteiger charge is 2.35. The molecule has 0 saturated carbocycles. The molecule has 2 nitrogen and oxygen atoms in total. The summed E-state index contributed by atoms with van der Waals surface area (Å²) in [6.45, 7) is 6.92. The number of likely N-dealkylation sites (tertiary alicyclic amines) is 1. The van der Waals surface area contributed by atoms with Crippen LogP contribution in [0.5, 0.6) is 0 Å². The number of nitrogens with zero attached hydrogens (tertiary/aromatic N) is 1. The van der Waals surface area contributed by atoms with Crippen molar-refractivity contribution in [1.82, 2.24) is 10.2 Å². The van der Waals surface area contributed by atoms with Crippen LogP contribution in [0.25, 0.3) is 0 Å². The topological polar surface area (TPSA) is 15.3 Å². The predicted molar refractivity (Wildman–Crippen MR) is 90.2 cm³/mol. The second-order valence-corrected chi connectivity index (χ2v) is 7.25. The lowest BCUT2D eigenvalue weighted by Crippen LogP contribution is -2.59. The summed E-state index contributed by atoms with van der Waals surface area (Å²) >= 11 is 3.38. The number of halogens is 2. The second kappa shape index (κ2) is 7.21. The van der Waals surface area contributed by atoms with Gasteiger partial charge < -0.3 is 5.32 Å². The van der Waals surface area contributed by atoms with Crippen LogP contribution >= 0.6 is 15.9 Å². The molecular weight excluding hydrogens is 331 g/mol. The zero-order chi connectivity index (χ0) is 15.5. The molecule has 1 aliphatic rings. The van der Waals surface area contributed by atoms with E-state index in [1.54, 1.807) is 6.07 Å². The van der Waals surface area contributed by atoms with Crippen LogP contribution in [-0.4, -0.2) is 36.6 Å². The van der Waals surface area contributed by atoms with Gasteiger partial charge in [0, 0.05) is 11.6 Å². The van der Waals surface area contributed by atoms with Gasteiger partial charge in [0.15, 0.2) is 0 Å². The van der Waals surface area contributed by atoms with Gasteiger partial charge in [0.25, 0.3) is 0 Å². The van der Waals surface area contributed by atoms with Gasteiger partial charge in [0.2, 0.25) is 0 Å². The van der Waals surface area contributed by atoms with Gasteiger partial charge in [-0.2, -0.15) is 0 Å². The third kappa shape index (κ3) is 3.85. The average molecular weight is 357 g/mol. The van der Waals surface area contributed by atoms with Crippen LogP contribution in [0.3, 0.4) is 0 Å². The molecule has 1 atom stereocenters. The van der Waals surface area contributed by atoms with Crippen molar-refractivity contribution in [3.8, 4) is 0 Å². The van der Waals surface area contributed by atoms with E-state index in [4.69, 9.17) is 0 Å². The molecular formula is C17H26BrFN2. The summed E-state index contributed by atoms with van der Waals surface area (Å²) in [6, 6.07) is 5.58. The maximum atomic E-state index is 13.7. The minimum Gasteiger partial charge on any atom is -0.315 e. The molecule has 118 valence electrons. The fraction of sp³-hybridized carbons (Fsp3) is 0.647. The first-order valence-corrected chi connectivity index (χ1v) is 8.61. The van der Waals surface area contributed by atoms with Crippen molar-refractivity contribution >= 4 is 15.9 Å². The molecule has 21 heavy (non-hydrogen) atoms. The van der Waals surface area contributed by atoms with Crippen LogP contribution < -0.4 is 5.32 Å². The monoisotopic (exact) mass is 356 g/mol. The molecule has 0 amide bonds. The quantitative estimate of drug-likeness (QED) is 0.858. The lowest BCUT2D eigenvalue weighted by Gasteiger charge is -2.46. The minimum atomic E-state index is -0.182. The molecule has 0 aliphatic carbocycles. The Morgan fingerprint density at radius 3 is 2.57 bits per heavy atom. The van der Waals surface area contributed by atoms with Gasteiger partial charge in [-0.25, -0.2) is 4.39 Å². The van der Waals surface area contributed by atoms with Crippen LogP contribution in [-0.2, 0) is 6.42 Å². The van der Waals surface area contributed by atoms with Gasteiger partial charge in [-0.15, -0.1) is 0 Å². The van der Waals surface area contributed by atoms with Crippen molar-refractivity contribution in [2.24, 2.45) is 0 Å². The largest absolute Gasteiger partial charge is 0.315 e. The van der Waals surface area contributed by atoms with Crippen LogP contribution in [0.4, 0.5) is 4.39 Å². The highest BCUT2D eigenvalue weighted by Crippen LogP contribution is 2.28. The van der Waals surface area contributed by atoms with Crippen LogP contribution in [0, 0.1) is 5.82 Å². The number of likely N-dealkylation sites (N-methyl/N-ethyl adjacent to an activating group) is 1. The Kier molecular flexibility index (Phi) is 5.81. The fourth-order valence-electron chi connectivity index (χ4n) is 3.32. The second-order valence-electron chi connectivity index (χ2n) is 6.46. The first kappa shape index (κ1) is 16.9. The molecule has 4 heteroatoms. The van der Waals surface area contributed by atoms with Crippen molar-refractivity contribution in [1.29, 1.82) is 0 Å². The number of hydrogen-bond acceptors (Lipinski definition) is 2. The molecule has 0 spiro atoms. The van der Waals surface area contributed by atoms with Crippen LogP contribution in [0.15, 0.2) is 22.7 Å². The molecule has 1 aliphatic heterocycles. The van der Waals surface area contributed by atoms with E-state index in [1.165, 1.54) is 25.3 Å². The molecule has 1 N–H and O–H groups in total. The molecule has 0 radical (unpaired) electrons. The Bertz CT molecular complexity index is 470. The molecule has 1 heterocycles. The van der Waals surface area contributed by atoms with E-state index in [0.29, 0.717) is 4.47 Å². The number of piperidine rings is 1. The summed E-state index contributed by atoms with van der Waals surface area (Å²) in [6.07, 6.45) is 4.72. The van der Waals surface area contributed by atoms with Crippen molar-refractivity contribution in [2.75, 3.05) is 20.1 Å². The van der Waals surface area contributed by atoms with Gasteiger partial charge in [-0.1, -0.05) is 18.6 Å². The van der Waals surface area contributed by atoms with Crippen molar-refractivity contribution < 1.29 is 4.39 Å². The van der Waals surface area contributed by atoms with Gasteiger partial charge in [0.05, 0.1) is 4.47 Å². The highest BCUT2D eigenvalue weighted by molar-refractivity contribution is 9.10. The minimum absolute atomic E-state index is 0.0565. The Balaban J connectivity index is 2.16. The fourth-order valence-corrected chi connectivity index (χ4v) is 3.75. The Morgan fingerprint density at radius 2 is 1.95 bits per heavy atom. The van der Waals surface area contributed by atoms with Crippen molar-refractivity contribution in [3.63, 3.8) is 0 Å². The summed E-state index contributed by atoms with van der Waals surface area (Å²) < 4.78 is 14.3. The summed E-state index contributed by atoms with van der Waals surface area (Å²) in [5, 5.41) is 3.45. The van der Waals surface area contributed by atoms with E-state index in [9.17, 15) is 4.39 Å². The summed E-state index contributed by atoms with van der Waals surface area (Å²) in [5.74, 6) is -0.182. The Labute approximate surface area is 136 Å². The summed E-state index contributed by atoms with van der Waals surface area (Å²) in [5.41, 5.74) is 1.08. The van der Waals surface area contributed by atoms with E-state index in [-0.39, 0.29) is 17.4 Å². The number of benzene rings is 1. The maximum absolute atomic E-state index is 13.7. The lowest BCUT2D eigenvalue weighted by molar-refractivity contribution is 0.0635. The number of hydrogen-bond donors (Lipinski definition) is 1. The molecule has 1 fully saturated rings. The SMILES string of the molecule is CNC(Cc1cccc(F)c1Br)C(C)(C)N1CCCCC1. The van der Waals surface area contributed by atoms with Gasteiger partial charge in [-0.3, -0.25) is 4.90 Å². The molecule has 0 bridgehead atoms. The van der Waals surface area contributed by atoms with Gasteiger partial charge in [-0.05, 0) is 80.8 Å². The number of nitrogens with one attached hydrogen (secondary N) is 1. The van der Waals surface area contributed by atoms with Crippen LogP contribution in [0.2, 0.25) is 0 Å². The molecule has 2 rings (SSSR count). The lowest BCUT2D eigenvalue weighted by atomic mass is 9.86. The van der Waals surface area contributed by atoms with E-state index in [2.05, 4.69) is 40.0 Å². The van der Waals surface area contributed by atoms with E-state index >= 15 is 0 Å². The van der Waals surface area contributed by atoms with Gasteiger partial charge >= 0.3 is 0 Å². The van der Waals surface area contributed by atoms with Crippen molar-refractivity contribution in [2.45, 2.75) is 51.1 Å². The first-order valence-electron chi connectivity index (χ1n) is 7.82. The first-order chi connectivity index (χ1) is 9.96. The van der Waals surface area contributed by atoms with Crippen LogP contribution in [0.1, 0.15) is 38.7 Å². The zero-order valence-corrected chi connectivity index (χ0v) is 14.8. The molecule has 0 aromatic heterocycles. The van der Waals surface area contributed by atoms with E-state index < -0.39 is 0 Å². The summed E-state index contributed by atoms with van der Waals surface area (Å²) in [7, 11) is 2.00. The Morgan fingerprint density at radius 1 is 1.29 bits per heavy atom. The molecule has 1 aromatic rings. The van der Waals surface area contributed by atoms with Crippen molar-refractivity contribution in [3.05, 3.63) is 34.1 Å². The van der Waals surface area contributed by atoms with E-state index in [1.807, 2.05) is 13.1 Å². The third-order valence-electron chi connectivity index (χ3n) is 4.83. The summed E-state index contributed by atoms with van der Waals surface area (Å²) in [4.78, 5) is 2.57. The Hall–Kier alpha value is -0.450.